The first-order chi connectivity index (χ1) is 13.6. The van der Waals surface area contributed by atoms with Crippen LogP contribution in [0.4, 0.5) is 5.82 Å². The number of halogens is 1. The van der Waals surface area contributed by atoms with Crippen molar-refractivity contribution in [3.8, 4) is 0 Å². The van der Waals surface area contributed by atoms with Crippen LogP contribution < -0.4 is 10.3 Å². The lowest BCUT2D eigenvalue weighted by Crippen LogP contribution is -2.30. The van der Waals surface area contributed by atoms with Crippen LogP contribution in [0.15, 0.2) is 86.6 Å². The molecule has 0 radical (unpaired) electrons. The standard InChI is InChI=1S/C22H13BrN2O3/c23-14-10-8-13(9-11-14)19-18-20(26)15-5-1-2-6-16(15)28-21(18)22(27)25(19)17-7-3-4-12-24-17/h1-12,19H/t19-/m1/s1. The number of nitrogens with zero attached hydrogens (tertiary/aromatic N) is 2. The normalized spacial score (nSPS) is 15.8. The van der Waals surface area contributed by atoms with Gasteiger partial charge in [-0.2, -0.15) is 0 Å². The Bertz CT molecular complexity index is 1270. The van der Waals surface area contributed by atoms with E-state index in [0.717, 1.165) is 10.0 Å². The van der Waals surface area contributed by atoms with Crippen LogP contribution in [0.3, 0.4) is 0 Å². The zero-order chi connectivity index (χ0) is 19.3. The minimum absolute atomic E-state index is 0.0715. The molecule has 0 spiro atoms. The van der Waals surface area contributed by atoms with Crippen LogP contribution in [-0.4, -0.2) is 10.9 Å². The molecule has 3 heterocycles. The molecule has 2 aromatic heterocycles. The molecular weight excluding hydrogens is 420 g/mol. The van der Waals surface area contributed by atoms with Crippen LogP contribution in [0.25, 0.3) is 11.0 Å². The van der Waals surface area contributed by atoms with E-state index in [1.807, 2.05) is 30.3 Å². The number of carbonyl (C=O) groups is 1. The molecule has 6 heteroatoms. The number of fused-ring (bicyclic) bond motifs is 2. The molecule has 0 aliphatic carbocycles. The van der Waals surface area contributed by atoms with E-state index in [1.54, 1.807) is 42.6 Å². The first-order valence-electron chi connectivity index (χ1n) is 8.71. The lowest BCUT2D eigenvalue weighted by molar-refractivity contribution is 0.0970. The minimum atomic E-state index is -0.605. The van der Waals surface area contributed by atoms with Gasteiger partial charge in [-0.25, -0.2) is 4.98 Å². The zero-order valence-electron chi connectivity index (χ0n) is 14.5. The van der Waals surface area contributed by atoms with Gasteiger partial charge in [-0.1, -0.05) is 46.3 Å². The Morgan fingerprint density at radius 2 is 1.68 bits per heavy atom. The summed E-state index contributed by atoms with van der Waals surface area (Å²) in [6.45, 7) is 0. The third-order valence-corrected chi connectivity index (χ3v) is 5.39. The number of rotatable bonds is 2. The topological polar surface area (TPSA) is 63.4 Å². The molecular formula is C22H13BrN2O3. The molecule has 0 saturated heterocycles. The first kappa shape index (κ1) is 16.9. The Labute approximate surface area is 168 Å². The fraction of sp³-hybridized carbons (Fsp3) is 0.0455. The summed E-state index contributed by atoms with van der Waals surface area (Å²) in [4.78, 5) is 32.5. The van der Waals surface area contributed by atoms with Crippen molar-refractivity contribution < 1.29 is 9.21 Å². The van der Waals surface area contributed by atoms with Crippen LogP contribution in [0.5, 0.6) is 0 Å². The second kappa shape index (κ2) is 6.42. The predicted octanol–water partition coefficient (Wildman–Crippen LogP) is 4.70. The highest BCUT2D eigenvalue weighted by atomic mass is 79.9. The summed E-state index contributed by atoms with van der Waals surface area (Å²) in [5.74, 6) is 0.169. The molecule has 1 aliphatic heterocycles. The minimum Gasteiger partial charge on any atom is -0.450 e. The van der Waals surface area contributed by atoms with Crippen molar-refractivity contribution in [1.29, 1.82) is 0 Å². The summed E-state index contributed by atoms with van der Waals surface area (Å²) in [7, 11) is 0. The quantitative estimate of drug-likeness (QED) is 0.460. The summed E-state index contributed by atoms with van der Waals surface area (Å²) >= 11 is 3.43. The maximum atomic E-state index is 13.3. The van der Waals surface area contributed by atoms with Crippen LogP contribution in [0, 0.1) is 0 Å². The van der Waals surface area contributed by atoms with E-state index >= 15 is 0 Å². The number of hydrogen-bond donors (Lipinski definition) is 0. The van der Waals surface area contributed by atoms with Gasteiger partial charge in [0.05, 0.1) is 17.0 Å². The largest absolute Gasteiger partial charge is 0.450 e. The SMILES string of the molecule is O=C1c2oc3ccccc3c(=O)c2[C@@H](c2ccc(Br)cc2)N1c1ccccn1. The van der Waals surface area contributed by atoms with E-state index in [0.29, 0.717) is 22.4 Å². The van der Waals surface area contributed by atoms with Crippen molar-refractivity contribution in [2.24, 2.45) is 0 Å². The molecule has 1 amide bonds. The smallest absolute Gasteiger partial charge is 0.296 e. The van der Waals surface area contributed by atoms with Crippen molar-refractivity contribution >= 4 is 38.6 Å². The molecule has 0 saturated carbocycles. The van der Waals surface area contributed by atoms with Gasteiger partial charge in [0, 0.05) is 10.7 Å². The molecule has 0 fully saturated rings. The van der Waals surface area contributed by atoms with Gasteiger partial charge in [-0.15, -0.1) is 0 Å². The van der Waals surface area contributed by atoms with Crippen molar-refractivity contribution in [1.82, 2.24) is 4.98 Å². The molecule has 1 aliphatic rings. The van der Waals surface area contributed by atoms with E-state index in [1.165, 1.54) is 4.90 Å². The van der Waals surface area contributed by atoms with E-state index in [-0.39, 0.29) is 17.1 Å². The van der Waals surface area contributed by atoms with Gasteiger partial charge < -0.3 is 4.42 Å². The maximum Gasteiger partial charge on any atom is 0.296 e. The molecule has 136 valence electrons. The number of carbonyl (C=O) groups excluding carboxylic acids is 1. The molecule has 0 bridgehead atoms. The number of benzene rings is 2. The molecule has 28 heavy (non-hydrogen) atoms. The second-order valence-corrected chi connectivity index (χ2v) is 7.40. The Morgan fingerprint density at radius 1 is 0.929 bits per heavy atom. The Hall–Kier alpha value is -3.25. The van der Waals surface area contributed by atoms with Gasteiger partial charge in [0.15, 0.2) is 5.43 Å². The van der Waals surface area contributed by atoms with Crippen molar-refractivity contribution in [2.75, 3.05) is 4.90 Å². The Morgan fingerprint density at radius 3 is 2.43 bits per heavy atom. The summed E-state index contributed by atoms with van der Waals surface area (Å²) < 4.78 is 6.81. The molecule has 4 aromatic rings. The molecule has 1 atom stereocenters. The number of amides is 1. The van der Waals surface area contributed by atoms with Gasteiger partial charge in [-0.05, 0) is 42.0 Å². The van der Waals surface area contributed by atoms with Crippen molar-refractivity contribution in [3.63, 3.8) is 0 Å². The third-order valence-electron chi connectivity index (χ3n) is 4.86. The fourth-order valence-corrected chi connectivity index (χ4v) is 3.88. The van der Waals surface area contributed by atoms with Crippen LogP contribution >= 0.6 is 15.9 Å². The summed E-state index contributed by atoms with van der Waals surface area (Å²) in [5, 5.41) is 0.457. The zero-order valence-corrected chi connectivity index (χ0v) is 16.1. The lowest BCUT2D eigenvalue weighted by atomic mass is 9.98. The van der Waals surface area contributed by atoms with Crippen LogP contribution in [-0.2, 0) is 0 Å². The Kier molecular flexibility index (Phi) is 3.87. The first-order valence-corrected chi connectivity index (χ1v) is 9.50. The molecule has 0 unspecified atom stereocenters. The monoisotopic (exact) mass is 432 g/mol. The van der Waals surface area contributed by atoms with Crippen LogP contribution in [0.2, 0.25) is 0 Å². The highest BCUT2D eigenvalue weighted by Gasteiger charge is 2.44. The van der Waals surface area contributed by atoms with Gasteiger partial charge in [0.1, 0.15) is 11.4 Å². The molecule has 0 N–H and O–H groups in total. The van der Waals surface area contributed by atoms with Gasteiger partial charge in [0.2, 0.25) is 5.76 Å². The highest BCUT2D eigenvalue weighted by Crippen LogP contribution is 2.40. The Balaban J connectivity index is 1.83. The average Bonchev–Trinajstić information content (AvgIpc) is 3.02. The van der Waals surface area contributed by atoms with E-state index in [4.69, 9.17) is 4.42 Å². The van der Waals surface area contributed by atoms with Gasteiger partial charge in [-0.3, -0.25) is 14.5 Å². The predicted molar refractivity (Wildman–Crippen MR) is 110 cm³/mol. The summed E-state index contributed by atoms with van der Waals surface area (Å²) in [5.41, 5.74) is 1.36. The van der Waals surface area contributed by atoms with Crippen molar-refractivity contribution in [3.05, 3.63) is 105 Å². The summed E-state index contributed by atoms with van der Waals surface area (Å²) in [6.07, 6.45) is 1.62. The highest BCUT2D eigenvalue weighted by molar-refractivity contribution is 9.10. The van der Waals surface area contributed by atoms with Crippen molar-refractivity contribution in [2.45, 2.75) is 6.04 Å². The van der Waals surface area contributed by atoms with Gasteiger partial charge in [0.25, 0.3) is 5.91 Å². The lowest BCUT2D eigenvalue weighted by Gasteiger charge is -2.24. The average molecular weight is 433 g/mol. The van der Waals surface area contributed by atoms with E-state index in [2.05, 4.69) is 20.9 Å². The number of para-hydroxylation sites is 1. The molecule has 5 nitrogen and oxygen atoms in total. The van der Waals surface area contributed by atoms with Crippen LogP contribution in [0.1, 0.15) is 27.7 Å². The number of hydrogen-bond acceptors (Lipinski definition) is 4. The molecule has 2 aromatic carbocycles. The number of aromatic nitrogens is 1. The third kappa shape index (κ3) is 2.49. The second-order valence-electron chi connectivity index (χ2n) is 6.49. The van der Waals surface area contributed by atoms with E-state index in [9.17, 15) is 9.59 Å². The molecule has 5 rings (SSSR count). The number of anilines is 1. The fourth-order valence-electron chi connectivity index (χ4n) is 3.61. The van der Waals surface area contributed by atoms with E-state index < -0.39 is 6.04 Å². The maximum absolute atomic E-state index is 13.3. The van der Waals surface area contributed by atoms with Gasteiger partial charge >= 0.3 is 0 Å². The number of pyridine rings is 1. The summed E-state index contributed by atoms with van der Waals surface area (Å²) in [6, 6.07) is 19.3.